The van der Waals surface area contributed by atoms with Crippen molar-refractivity contribution in [1.82, 2.24) is 19.9 Å². The first-order valence-corrected chi connectivity index (χ1v) is 7.07. The number of aliphatic hydroxyl groups is 1. The fourth-order valence-corrected chi connectivity index (χ4v) is 2.60. The van der Waals surface area contributed by atoms with E-state index in [0.717, 1.165) is 31.9 Å². The van der Waals surface area contributed by atoms with E-state index in [1.165, 1.54) is 0 Å². The van der Waals surface area contributed by atoms with Crippen LogP contribution >= 0.6 is 0 Å². The van der Waals surface area contributed by atoms with Crippen LogP contribution in [0.4, 0.5) is 0 Å². The van der Waals surface area contributed by atoms with Crippen LogP contribution in [0.15, 0.2) is 21.1 Å². The Kier molecular flexibility index (Phi) is 4.05. The molecule has 0 unspecified atom stereocenters. The highest BCUT2D eigenvalue weighted by atomic mass is 16.5. The first kappa shape index (κ1) is 14.2. The van der Waals surface area contributed by atoms with Crippen LogP contribution in [0.25, 0.3) is 0 Å². The zero-order chi connectivity index (χ0) is 14.8. The summed E-state index contributed by atoms with van der Waals surface area (Å²) in [5.74, 6) is 2.79. The molecular weight excluding hydrogens is 272 g/mol. The lowest BCUT2D eigenvalue weighted by Crippen LogP contribution is -2.46. The summed E-state index contributed by atoms with van der Waals surface area (Å²) in [7, 11) is 2.07. The lowest BCUT2D eigenvalue weighted by atomic mass is 10.1. The highest BCUT2D eigenvalue weighted by molar-refractivity contribution is 5.07. The average molecular weight is 292 g/mol. The standard InChI is InChI=1S/C14H20N4O3/c1-10-15-14(21-16-10)13-8-18(6-5-17(13)2)7-11-3-4-12(9-19)20-11/h3-4,13,19H,5-9H2,1-2H3/t13-/m1/s1. The summed E-state index contributed by atoms with van der Waals surface area (Å²) in [5.41, 5.74) is 0. The van der Waals surface area contributed by atoms with Gasteiger partial charge in [0.25, 0.3) is 0 Å². The maximum absolute atomic E-state index is 9.04. The van der Waals surface area contributed by atoms with Gasteiger partial charge in [-0.05, 0) is 26.1 Å². The van der Waals surface area contributed by atoms with Crippen LogP contribution < -0.4 is 0 Å². The molecule has 1 fully saturated rings. The predicted octanol–water partition coefficient (Wildman–Crippen LogP) is 0.952. The monoisotopic (exact) mass is 292 g/mol. The molecule has 7 nitrogen and oxygen atoms in total. The van der Waals surface area contributed by atoms with Crippen LogP contribution in [-0.4, -0.2) is 51.7 Å². The lowest BCUT2D eigenvalue weighted by Gasteiger charge is -2.37. The van der Waals surface area contributed by atoms with Crippen LogP contribution in [0.3, 0.4) is 0 Å². The van der Waals surface area contributed by atoms with Gasteiger partial charge < -0.3 is 14.0 Å². The van der Waals surface area contributed by atoms with Crippen molar-refractivity contribution in [2.24, 2.45) is 0 Å². The van der Waals surface area contributed by atoms with Crippen molar-refractivity contribution >= 4 is 0 Å². The first-order chi connectivity index (χ1) is 10.2. The minimum Gasteiger partial charge on any atom is -0.462 e. The van der Waals surface area contributed by atoms with Crippen molar-refractivity contribution in [1.29, 1.82) is 0 Å². The molecule has 0 aromatic carbocycles. The van der Waals surface area contributed by atoms with Gasteiger partial charge in [-0.1, -0.05) is 5.16 Å². The molecule has 1 N–H and O–H groups in total. The van der Waals surface area contributed by atoms with Gasteiger partial charge in [-0.15, -0.1) is 0 Å². The van der Waals surface area contributed by atoms with E-state index in [0.29, 0.717) is 17.5 Å². The molecule has 0 saturated carbocycles. The van der Waals surface area contributed by atoms with Gasteiger partial charge in [-0.25, -0.2) is 0 Å². The third-order valence-corrected chi connectivity index (χ3v) is 3.81. The van der Waals surface area contributed by atoms with Crippen molar-refractivity contribution < 1.29 is 14.0 Å². The molecule has 0 spiro atoms. The van der Waals surface area contributed by atoms with Crippen molar-refractivity contribution in [2.45, 2.75) is 26.1 Å². The van der Waals surface area contributed by atoms with E-state index in [9.17, 15) is 0 Å². The van der Waals surface area contributed by atoms with Crippen molar-refractivity contribution in [2.75, 3.05) is 26.7 Å². The number of aliphatic hydroxyl groups excluding tert-OH is 1. The molecule has 2 aromatic heterocycles. The van der Waals surface area contributed by atoms with Crippen LogP contribution in [0.5, 0.6) is 0 Å². The molecule has 0 amide bonds. The number of furan rings is 1. The van der Waals surface area contributed by atoms with E-state index >= 15 is 0 Å². The Hall–Kier alpha value is -1.70. The van der Waals surface area contributed by atoms with Gasteiger partial charge in [0.15, 0.2) is 5.82 Å². The summed E-state index contributed by atoms with van der Waals surface area (Å²) >= 11 is 0. The summed E-state index contributed by atoms with van der Waals surface area (Å²) in [4.78, 5) is 8.86. The van der Waals surface area contributed by atoms with Gasteiger partial charge in [0.1, 0.15) is 24.2 Å². The van der Waals surface area contributed by atoms with Crippen LogP contribution in [0.2, 0.25) is 0 Å². The van der Waals surface area contributed by atoms with Gasteiger partial charge in [-0.3, -0.25) is 9.80 Å². The summed E-state index contributed by atoms with van der Waals surface area (Å²) in [6, 6.07) is 3.83. The van der Waals surface area contributed by atoms with E-state index in [1.807, 2.05) is 19.1 Å². The Morgan fingerprint density at radius 1 is 1.33 bits per heavy atom. The molecule has 1 aliphatic heterocycles. The molecule has 2 aromatic rings. The second-order valence-electron chi connectivity index (χ2n) is 5.44. The van der Waals surface area contributed by atoms with Gasteiger partial charge in [0.2, 0.25) is 5.89 Å². The second-order valence-corrected chi connectivity index (χ2v) is 5.44. The molecule has 0 aliphatic carbocycles. The minimum absolute atomic E-state index is 0.0629. The molecule has 3 heterocycles. The molecule has 7 heteroatoms. The molecule has 21 heavy (non-hydrogen) atoms. The number of hydrogen-bond donors (Lipinski definition) is 1. The SMILES string of the molecule is Cc1noc([C@H]2CN(Cc3ccc(CO)o3)CCN2C)n1. The maximum atomic E-state index is 9.04. The number of aromatic nitrogens is 2. The zero-order valence-electron chi connectivity index (χ0n) is 12.3. The fraction of sp³-hybridized carbons (Fsp3) is 0.571. The molecular formula is C14H20N4O3. The molecule has 1 saturated heterocycles. The number of likely N-dealkylation sites (N-methyl/N-ethyl adjacent to an activating group) is 1. The summed E-state index contributed by atoms with van der Waals surface area (Å²) in [6.45, 7) is 5.18. The maximum Gasteiger partial charge on any atom is 0.245 e. The van der Waals surface area contributed by atoms with Crippen molar-refractivity contribution in [3.05, 3.63) is 35.4 Å². The van der Waals surface area contributed by atoms with Gasteiger partial charge in [0.05, 0.1) is 6.54 Å². The number of rotatable bonds is 4. The van der Waals surface area contributed by atoms with E-state index < -0.39 is 0 Å². The van der Waals surface area contributed by atoms with Crippen molar-refractivity contribution in [3.63, 3.8) is 0 Å². The minimum atomic E-state index is -0.0629. The van der Waals surface area contributed by atoms with E-state index in [-0.39, 0.29) is 12.6 Å². The Labute approximate surface area is 123 Å². The van der Waals surface area contributed by atoms with Gasteiger partial charge >= 0.3 is 0 Å². The highest BCUT2D eigenvalue weighted by Crippen LogP contribution is 2.24. The van der Waals surface area contributed by atoms with Crippen LogP contribution in [-0.2, 0) is 13.2 Å². The predicted molar refractivity (Wildman–Crippen MR) is 74.3 cm³/mol. The fourth-order valence-electron chi connectivity index (χ4n) is 2.60. The summed E-state index contributed by atoms with van der Waals surface area (Å²) in [5, 5.41) is 12.9. The molecule has 0 bridgehead atoms. The third-order valence-electron chi connectivity index (χ3n) is 3.81. The molecule has 3 rings (SSSR count). The number of nitrogens with zero attached hydrogens (tertiary/aromatic N) is 4. The van der Waals surface area contributed by atoms with E-state index in [4.69, 9.17) is 14.0 Å². The van der Waals surface area contributed by atoms with Crippen LogP contribution in [0.1, 0.15) is 29.3 Å². The number of aryl methyl sites for hydroxylation is 1. The van der Waals surface area contributed by atoms with Crippen LogP contribution in [0, 0.1) is 6.92 Å². The topological polar surface area (TPSA) is 78.8 Å². The Balaban J connectivity index is 1.67. The lowest BCUT2D eigenvalue weighted by molar-refractivity contribution is 0.0668. The number of hydrogen-bond acceptors (Lipinski definition) is 7. The Morgan fingerprint density at radius 3 is 2.81 bits per heavy atom. The smallest absolute Gasteiger partial charge is 0.245 e. The Morgan fingerprint density at radius 2 is 2.14 bits per heavy atom. The summed E-state index contributed by atoms with van der Waals surface area (Å²) in [6.07, 6.45) is 0. The molecule has 0 radical (unpaired) electrons. The quantitative estimate of drug-likeness (QED) is 0.898. The normalized spacial score (nSPS) is 21.0. The largest absolute Gasteiger partial charge is 0.462 e. The molecule has 1 atom stereocenters. The Bertz CT molecular complexity index is 595. The van der Waals surface area contributed by atoms with E-state index in [1.54, 1.807) is 0 Å². The average Bonchev–Trinajstić information content (AvgIpc) is 3.10. The van der Waals surface area contributed by atoms with Gasteiger partial charge in [0, 0.05) is 19.6 Å². The molecule has 114 valence electrons. The van der Waals surface area contributed by atoms with Crippen molar-refractivity contribution in [3.8, 4) is 0 Å². The first-order valence-electron chi connectivity index (χ1n) is 7.07. The number of piperazine rings is 1. The second kappa shape index (κ2) is 5.97. The molecule has 1 aliphatic rings. The third kappa shape index (κ3) is 3.15. The van der Waals surface area contributed by atoms with Gasteiger partial charge in [-0.2, -0.15) is 4.98 Å². The van der Waals surface area contributed by atoms with E-state index in [2.05, 4.69) is 27.0 Å². The zero-order valence-corrected chi connectivity index (χ0v) is 12.3. The highest BCUT2D eigenvalue weighted by Gasteiger charge is 2.30. The summed E-state index contributed by atoms with van der Waals surface area (Å²) < 4.78 is 10.9.